The highest BCUT2D eigenvalue weighted by atomic mass is 19.1. The van der Waals surface area contributed by atoms with E-state index in [0.29, 0.717) is 23.1 Å². The van der Waals surface area contributed by atoms with Crippen LogP contribution in [-0.2, 0) is 6.42 Å². The summed E-state index contributed by atoms with van der Waals surface area (Å²) < 4.78 is 15.4. The van der Waals surface area contributed by atoms with Gasteiger partial charge in [0.2, 0.25) is 0 Å². The molecule has 26 heavy (non-hydrogen) atoms. The van der Waals surface area contributed by atoms with Crippen LogP contribution in [0.3, 0.4) is 0 Å². The fraction of sp³-hybridized carbons (Fsp3) is 0.0526. The van der Waals surface area contributed by atoms with Crippen molar-refractivity contribution in [3.63, 3.8) is 0 Å². The predicted molar refractivity (Wildman–Crippen MR) is 93.5 cm³/mol. The van der Waals surface area contributed by atoms with Gasteiger partial charge in [0.25, 0.3) is 11.5 Å². The van der Waals surface area contributed by atoms with Crippen LogP contribution in [0, 0.1) is 5.82 Å². The molecule has 0 saturated heterocycles. The minimum Gasteiger partial charge on any atom is -0.272 e. The highest BCUT2D eigenvalue weighted by molar-refractivity contribution is 5.96. The summed E-state index contributed by atoms with van der Waals surface area (Å²) in [5, 5.41) is 7.85. The third-order valence-corrected chi connectivity index (χ3v) is 4.15. The zero-order valence-electron chi connectivity index (χ0n) is 13.5. The number of carbonyl (C=O) groups excluding carboxylic acids is 1. The first kappa shape index (κ1) is 15.9. The number of halogens is 1. The van der Waals surface area contributed by atoms with Crippen LogP contribution in [0.2, 0.25) is 0 Å². The molecule has 7 heteroatoms. The molecule has 0 aliphatic heterocycles. The average Bonchev–Trinajstić information content (AvgIpc) is 3.20. The number of carbonyl (C=O) groups is 1. The lowest BCUT2D eigenvalue weighted by Crippen LogP contribution is -2.13. The number of benzene rings is 2. The molecule has 2 aromatic carbocycles. The second-order valence-corrected chi connectivity index (χ2v) is 5.81. The maximum atomic E-state index is 14.1. The number of fused-ring (bicyclic) bond motifs is 1. The molecular formula is C19H13FN4O2. The number of hydrogen-bond donors (Lipinski definition) is 1. The third kappa shape index (κ3) is 2.79. The highest BCUT2D eigenvalue weighted by Crippen LogP contribution is 2.19. The summed E-state index contributed by atoms with van der Waals surface area (Å²) >= 11 is 0. The van der Waals surface area contributed by atoms with Gasteiger partial charge >= 0.3 is 0 Å². The first-order valence-corrected chi connectivity index (χ1v) is 7.91. The van der Waals surface area contributed by atoms with Crippen molar-refractivity contribution < 1.29 is 9.18 Å². The number of H-pyrrole nitrogens is 1. The van der Waals surface area contributed by atoms with Crippen molar-refractivity contribution in [1.29, 1.82) is 0 Å². The Balaban J connectivity index is 1.74. The Morgan fingerprint density at radius 2 is 1.96 bits per heavy atom. The molecule has 0 unspecified atom stereocenters. The van der Waals surface area contributed by atoms with E-state index < -0.39 is 11.7 Å². The van der Waals surface area contributed by atoms with Crippen LogP contribution in [-0.4, -0.2) is 25.7 Å². The van der Waals surface area contributed by atoms with E-state index >= 15 is 0 Å². The first-order valence-electron chi connectivity index (χ1n) is 7.91. The summed E-state index contributed by atoms with van der Waals surface area (Å²) in [6, 6.07) is 11.5. The zero-order chi connectivity index (χ0) is 18.1. The van der Waals surface area contributed by atoms with E-state index in [1.54, 1.807) is 18.2 Å². The smallest absolute Gasteiger partial charge is 0.272 e. The summed E-state index contributed by atoms with van der Waals surface area (Å²) in [7, 11) is 0. The van der Waals surface area contributed by atoms with Crippen molar-refractivity contribution in [2.24, 2.45) is 0 Å². The summed E-state index contributed by atoms with van der Waals surface area (Å²) in [5.41, 5.74) is 1.04. The molecule has 2 aromatic heterocycles. The number of aromatic amines is 1. The van der Waals surface area contributed by atoms with E-state index in [-0.39, 0.29) is 11.1 Å². The fourth-order valence-corrected chi connectivity index (χ4v) is 2.86. The van der Waals surface area contributed by atoms with Crippen LogP contribution in [0.5, 0.6) is 0 Å². The van der Waals surface area contributed by atoms with Gasteiger partial charge in [-0.05, 0) is 23.8 Å². The van der Waals surface area contributed by atoms with Crippen molar-refractivity contribution >= 4 is 16.7 Å². The van der Waals surface area contributed by atoms with Crippen LogP contribution in [0.1, 0.15) is 21.6 Å². The number of nitrogens with zero attached hydrogens (tertiary/aromatic N) is 3. The molecule has 128 valence electrons. The second kappa shape index (κ2) is 6.36. The monoisotopic (exact) mass is 348 g/mol. The average molecular weight is 348 g/mol. The van der Waals surface area contributed by atoms with Crippen LogP contribution in [0.4, 0.5) is 4.39 Å². The van der Waals surface area contributed by atoms with Gasteiger partial charge in [0.1, 0.15) is 12.1 Å². The Morgan fingerprint density at radius 1 is 1.15 bits per heavy atom. The Hall–Kier alpha value is -3.61. The Morgan fingerprint density at radius 3 is 2.73 bits per heavy atom. The Bertz CT molecular complexity index is 1170. The first-order chi connectivity index (χ1) is 12.6. The van der Waals surface area contributed by atoms with Crippen molar-refractivity contribution in [1.82, 2.24) is 19.7 Å². The molecule has 0 aliphatic rings. The molecule has 4 rings (SSSR count). The third-order valence-electron chi connectivity index (χ3n) is 4.15. The van der Waals surface area contributed by atoms with Gasteiger partial charge < -0.3 is 0 Å². The van der Waals surface area contributed by atoms with E-state index in [0.717, 1.165) is 5.39 Å². The lowest BCUT2D eigenvalue weighted by Gasteiger charge is -2.08. The highest BCUT2D eigenvalue weighted by Gasteiger charge is 2.15. The van der Waals surface area contributed by atoms with Gasteiger partial charge in [-0.15, -0.1) is 0 Å². The molecule has 0 spiro atoms. The van der Waals surface area contributed by atoms with E-state index in [2.05, 4.69) is 15.2 Å². The van der Waals surface area contributed by atoms with E-state index in [4.69, 9.17) is 0 Å². The molecule has 6 nitrogen and oxygen atoms in total. The molecule has 0 bridgehead atoms. The molecule has 2 heterocycles. The minimum absolute atomic E-state index is 0.0470. The molecule has 1 N–H and O–H groups in total. The van der Waals surface area contributed by atoms with Crippen molar-refractivity contribution in [2.45, 2.75) is 6.42 Å². The van der Waals surface area contributed by atoms with Gasteiger partial charge in [0, 0.05) is 24.2 Å². The van der Waals surface area contributed by atoms with Crippen LogP contribution < -0.4 is 5.56 Å². The molecule has 0 aliphatic carbocycles. The van der Waals surface area contributed by atoms with Gasteiger partial charge in [-0.2, -0.15) is 5.10 Å². The van der Waals surface area contributed by atoms with E-state index in [1.807, 2.05) is 12.1 Å². The van der Waals surface area contributed by atoms with Gasteiger partial charge in [0.05, 0.1) is 16.6 Å². The number of imidazole rings is 1. The number of rotatable bonds is 3. The molecule has 0 amide bonds. The molecule has 0 saturated carbocycles. The van der Waals surface area contributed by atoms with Gasteiger partial charge in [-0.1, -0.05) is 24.3 Å². The Kier molecular flexibility index (Phi) is 3.89. The van der Waals surface area contributed by atoms with Crippen molar-refractivity contribution in [3.05, 3.63) is 94.2 Å². The van der Waals surface area contributed by atoms with Crippen LogP contribution in [0.15, 0.2) is 66.0 Å². The Labute approximate surface area is 146 Å². The number of hydrogen-bond acceptors (Lipinski definition) is 4. The lowest BCUT2D eigenvalue weighted by molar-refractivity contribution is 0.0955. The fourth-order valence-electron chi connectivity index (χ4n) is 2.86. The van der Waals surface area contributed by atoms with Crippen LogP contribution in [0.25, 0.3) is 10.8 Å². The number of aromatic nitrogens is 4. The summed E-state index contributed by atoms with van der Waals surface area (Å²) in [5.74, 6) is -1.10. The SMILES string of the molecule is O=C(c1cc(Cc2n[nH]c(=O)c3ccccc23)ccc1F)n1ccnc1. The largest absolute Gasteiger partial charge is 0.272 e. The number of nitrogens with one attached hydrogen (secondary N) is 1. The maximum Gasteiger partial charge on any atom is 0.272 e. The normalized spacial score (nSPS) is 11.0. The van der Waals surface area contributed by atoms with E-state index in [1.165, 1.54) is 35.4 Å². The summed E-state index contributed by atoms with van der Waals surface area (Å²) in [4.78, 5) is 28.1. The van der Waals surface area contributed by atoms with Crippen molar-refractivity contribution in [2.75, 3.05) is 0 Å². The molecule has 0 atom stereocenters. The van der Waals surface area contributed by atoms with E-state index in [9.17, 15) is 14.0 Å². The summed E-state index contributed by atoms with van der Waals surface area (Å²) in [6.07, 6.45) is 4.59. The van der Waals surface area contributed by atoms with Crippen molar-refractivity contribution in [3.8, 4) is 0 Å². The van der Waals surface area contributed by atoms with Gasteiger partial charge in [0.15, 0.2) is 0 Å². The maximum absolute atomic E-state index is 14.1. The molecular weight excluding hydrogens is 335 g/mol. The quantitative estimate of drug-likeness (QED) is 0.617. The molecule has 0 fully saturated rings. The standard InChI is InChI=1S/C19H13FN4O2/c20-16-6-5-12(9-15(16)19(26)24-8-7-21-11-24)10-17-13-3-1-2-4-14(13)18(25)23-22-17/h1-9,11H,10H2,(H,23,25). The van der Waals surface area contributed by atoms with Gasteiger partial charge in [-0.3, -0.25) is 14.2 Å². The zero-order valence-corrected chi connectivity index (χ0v) is 13.5. The topological polar surface area (TPSA) is 80.6 Å². The lowest BCUT2D eigenvalue weighted by atomic mass is 10.0. The predicted octanol–water partition coefficient (Wildman–Crippen LogP) is 2.54. The van der Waals surface area contributed by atoms with Crippen LogP contribution >= 0.6 is 0 Å². The summed E-state index contributed by atoms with van der Waals surface area (Å²) in [6.45, 7) is 0. The minimum atomic E-state index is -0.605. The second-order valence-electron chi connectivity index (χ2n) is 5.81. The van der Waals surface area contributed by atoms with Gasteiger partial charge in [-0.25, -0.2) is 14.5 Å². The molecule has 0 radical (unpaired) electrons. The molecule has 4 aromatic rings.